The molecular weight excluding hydrogens is 738 g/mol. The minimum absolute atomic E-state index is 0.210. The number of aromatic nitrogens is 1. The molecule has 9 heteroatoms. The molecule has 2 heterocycles. The highest BCUT2D eigenvalue weighted by molar-refractivity contribution is 14.1. The van der Waals surface area contributed by atoms with Crippen molar-refractivity contribution in [2.24, 2.45) is 4.99 Å². The van der Waals surface area contributed by atoms with E-state index in [9.17, 15) is 9.59 Å². The fourth-order valence-corrected chi connectivity index (χ4v) is 7.55. The van der Waals surface area contributed by atoms with Gasteiger partial charge in [0.15, 0.2) is 4.80 Å². The Morgan fingerprint density at radius 3 is 2.38 bits per heavy atom. The molecule has 0 amide bonds. The molecule has 0 N–H and O–H groups in total. The Morgan fingerprint density at radius 1 is 1.03 bits per heavy atom. The third-order valence-electron chi connectivity index (χ3n) is 6.10. The van der Waals surface area contributed by atoms with Gasteiger partial charge >= 0.3 is 5.97 Å². The van der Waals surface area contributed by atoms with E-state index >= 15 is 0 Å². The summed E-state index contributed by atoms with van der Waals surface area (Å²) in [5.41, 5.74) is 3.03. The van der Waals surface area contributed by atoms with Crippen LogP contribution in [0.25, 0.3) is 11.8 Å². The number of fused-ring (bicyclic) bond motifs is 1. The first-order chi connectivity index (χ1) is 18.9. The maximum atomic E-state index is 14.1. The van der Waals surface area contributed by atoms with Crippen molar-refractivity contribution in [3.8, 4) is 5.75 Å². The molecule has 0 saturated heterocycles. The number of nitrogens with zero attached hydrogens (tertiary/aromatic N) is 2. The van der Waals surface area contributed by atoms with Gasteiger partial charge in [0, 0.05) is 14.7 Å². The van der Waals surface area contributed by atoms with Gasteiger partial charge in [0.1, 0.15) is 5.75 Å². The summed E-state index contributed by atoms with van der Waals surface area (Å²) in [6, 6.07) is 22.5. The Morgan fingerprint density at radius 2 is 1.72 bits per heavy atom. The zero-order valence-electron chi connectivity index (χ0n) is 21.2. The number of ether oxygens (including phenoxy) is 2. The van der Waals surface area contributed by atoms with Gasteiger partial charge in [0.05, 0.1) is 38.6 Å². The number of carbonyl (C=O) groups excluding carboxylic acids is 1. The van der Waals surface area contributed by atoms with Crippen molar-refractivity contribution < 1.29 is 14.3 Å². The number of rotatable bonds is 7. The monoisotopic (exact) mass is 762 g/mol. The van der Waals surface area contributed by atoms with Gasteiger partial charge in [-0.15, -0.1) is 0 Å². The lowest BCUT2D eigenvalue weighted by Crippen LogP contribution is -2.40. The van der Waals surface area contributed by atoms with E-state index in [1.807, 2.05) is 85.8 Å². The minimum Gasteiger partial charge on any atom is -0.492 e. The average Bonchev–Trinajstić information content (AvgIpc) is 3.25. The molecule has 5 rings (SSSR count). The van der Waals surface area contributed by atoms with Crippen molar-refractivity contribution in [1.29, 1.82) is 0 Å². The maximum Gasteiger partial charge on any atom is 0.338 e. The van der Waals surface area contributed by atoms with Crippen molar-refractivity contribution in [2.75, 3.05) is 13.2 Å². The topological polar surface area (TPSA) is 69.9 Å². The molecule has 0 spiro atoms. The number of hydrogen-bond donors (Lipinski definition) is 0. The summed E-state index contributed by atoms with van der Waals surface area (Å²) in [5.74, 6) is 0.246. The number of halogens is 2. The van der Waals surface area contributed by atoms with Crippen LogP contribution in [0, 0.1) is 7.14 Å². The van der Waals surface area contributed by atoms with E-state index < -0.39 is 12.0 Å². The van der Waals surface area contributed by atoms with E-state index in [1.54, 1.807) is 11.5 Å². The Kier molecular flexibility index (Phi) is 8.67. The Bertz CT molecular complexity index is 1750. The van der Waals surface area contributed by atoms with Gasteiger partial charge in [-0.2, -0.15) is 0 Å². The predicted octanol–water partition coefficient (Wildman–Crippen LogP) is 5.54. The van der Waals surface area contributed by atoms with E-state index in [1.165, 1.54) is 11.3 Å². The molecule has 39 heavy (non-hydrogen) atoms. The van der Waals surface area contributed by atoms with Crippen LogP contribution in [-0.4, -0.2) is 23.8 Å². The maximum absolute atomic E-state index is 14.1. The van der Waals surface area contributed by atoms with E-state index in [4.69, 9.17) is 14.5 Å². The van der Waals surface area contributed by atoms with Gasteiger partial charge in [-0.1, -0.05) is 72.0 Å². The molecule has 0 aliphatic carbocycles. The van der Waals surface area contributed by atoms with Crippen molar-refractivity contribution in [3.63, 3.8) is 0 Å². The van der Waals surface area contributed by atoms with Crippen LogP contribution in [0.3, 0.4) is 0 Å². The van der Waals surface area contributed by atoms with Crippen LogP contribution in [-0.2, 0) is 9.53 Å². The summed E-state index contributed by atoms with van der Waals surface area (Å²) in [7, 11) is 0. The Balaban J connectivity index is 1.83. The highest BCUT2D eigenvalue weighted by Crippen LogP contribution is 2.35. The van der Waals surface area contributed by atoms with Crippen LogP contribution in [0.15, 0.2) is 88.2 Å². The standard InChI is InChI=1S/C30H24I2N2O4S/c1-3-37-27-20(15-21(31)17-22(27)32)16-23-28(35)34-26(19-13-9-6-10-14-19)24(29(36)38-4-2)25(33-30(34)39-23)18-11-7-5-8-12-18/h5-17,26H,3-4H2,1-2H3/b23-16-/t26-/m1/s1. The Hall–Kier alpha value is -2.77. The lowest BCUT2D eigenvalue weighted by atomic mass is 9.93. The zero-order valence-corrected chi connectivity index (χ0v) is 26.3. The second kappa shape index (κ2) is 12.2. The van der Waals surface area contributed by atoms with Crippen molar-refractivity contribution in [2.45, 2.75) is 19.9 Å². The van der Waals surface area contributed by atoms with Crippen LogP contribution in [0.1, 0.15) is 36.6 Å². The van der Waals surface area contributed by atoms with Gasteiger partial charge in [-0.05, 0) is 82.8 Å². The van der Waals surface area contributed by atoms with Crippen LogP contribution < -0.4 is 19.6 Å². The third-order valence-corrected chi connectivity index (χ3v) is 8.51. The van der Waals surface area contributed by atoms with Gasteiger partial charge < -0.3 is 9.47 Å². The normalized spacial score (nSPS) is 15.1. The average molecular weight is 762 g/mol. The molecule has 0 fully saturated rings. The van der Waals surface area contributed by atoms with E-state index in [2.05, 4.69) is 45.2 Å². The summed E-state index contributed by atoms with van der Waals surface area (Å²) >= 11 is 5.82. The Labute approximate surface area is 257 Å². The largest absolute Gasteiger partial charge is 0.492 e. The summed E-state index contributed by atoms with van der Waals surface area (Å²) in [4.78, 5) is 33.0. The summed E-state index contributed by atoms with van der Waals surface area (Å²) in [6.45, 7) is 4.43. The minimum atomic E-state index is -0.693. The predicted molar refractivity (Wildman–Crippen MR) is 171 cm³/mol. The molecule has 0 saturated carbocycles. The van der Waals surface area contributed by atoms with Gasteiger partial charge in [0.25, 0.3) is 5.56 Å². The molecular formula is C30H24I2N2O4S. The van der Waals surface area contributed by atoms with Gasteiger partial charge in [-0.25, -0.2) is 9.79 Å². The second-order valence-electron chi connectivity index (χ2n) is 8.58. The van der Waals surface area contributed by atoms with Gasteiger partial charge in [0.2, 0.25) is 0 Å². The summed E-state index contributed by atoms with van der Waals surface area (Å²) in [5, 5.41) is 0. The molecule has 3 aromatic carbocycles. The fourth-order valence-electron chi connectivity index (χ4n) is 4.52. The highest BCUT2D eigenvalue weighted by Gasteiger charge is 2.35. The highest BCUT2D eigenvalue weighted by atomic mass is 127. The molecule has 4 aromatic rings. The molecule has 1 atom stereocenters. The SMILES string of the molecule is CCOC(=O)C1=C(c2ccccc2)N=c2s/c(=C\c3cc(I)cc(I)c3OCC)c(=O)n2[C@@H]1c1ccccc1. The number of benzene rings is 3. The van der Waals surface area contributed by atoms with Crippen LogP contribution in [0.2, 0.25) is 0 Å². The summed E-state index contributed by atoms with van der Waals surface area (Å²) < 4.78 is 15.6. The van der Waals surface area contributed by atoms with Crippen LogP contribution >= 0.6 is 56.5 Å². The quantitative estimate of drug-likeness (QED) is 0.183. The molecule has 0 radical (unpaired) electrons. The number of hydrogen-bond acceptors (Lipinski definition) is 6. The number of esters is 1. The number of carbonyl (C=O) groups is 1. The van der Waals surface area contributed by atoms with Crippen molar-refractivity contribution in [3.05, 3.63) is 122 Å². The van der Waals surface area contributed by atoms with E-state index in [-0.39, 0.29) is 12.2 Å². The molecule has 1 aliphatic rings. The molecule has 1 aliphatic heterocycles. The lowest BCUT2D eigenvalue weighted by Gasteiger charge is -2.25. The van der Waals surface area contributed by atoms with Crippen LogP contribution in [0.5, 0.6) is 5.75 Å². The first-order valence-corrected chi connectivity index (χ1v) is 15.4. The second-order valence-corrected chi connectivity index (χ2v) is 12.0. The van der Waals surface area contributed by atoms with Crippen LogP contribution in [0.4, 0.5) is 0 Å². The molecule has 0 bridgehead atoms. The fraction of sp³-hybridized carbons (Fsp3) is 0.167. The van der Waals surface area contributed by atoms with Gasteiger partial charge in [-0.3, -0.25) is 9.36 Å². The summed E-state index contributed by atoms with van der Waals surface area (Å²) in [6.07, 6.45) is 1.86. The molecule has 0 unspecified atom stereocenters. The lowest BCUT2D eigenvalue weighted by molar-refractivity contribution is -0.138. The molecule has 6 nitrogen and oxygen atoms in total. The van der Waals surface area contributed by atoms with E-state index in [0.29, 0.717) is 27.2 Å². The first kappa shape index (κ1) is 27.8. The van der Waals surface area contributed by atoms with E-state index in [0.717, 1.165) is 29.6 Å². The third kappa shape index (κ3) is 5.62. The van der Waals surface area contributed by atoms with Crippen molar-refractivity contribution in [1.82, 2.24) is 4.57 Å². The number of thiazole rings is 1. The molecule has 198 valence electrons. The van der Waals surface area contributed by atoms with Crippen molar-refractivity contribution >= 4 is 74.3 Å². The molecule has 1 aromatic heterocycles. The first-order valence-electron chi connectivity index (χ1n) is 12.4. The smallest absolute Gasteiger partial charge is 0.338 e. The zero-order chi connectivity index (χ0) is 27.5.